The highest BCUT2D eigenvalue weighted by atomic mass is 32.2. The fraction of sp³-hybridized carbons (Fsp3) is 0.250. The Kier molecular flexibility index (Phi) is 7.19. The molecule has 1 N–H and O–H groups in total. The van der Waals surface area contributed by atoms with Gasteiger partial charge in [-0.25, -0.2) is 4.79 Å². The Hall–Kier alpha value is -2.59. The van der Waals surface area contributed by atoms with Gasteiger partial charge >= 0.3 is 12.1 Å². The Labute approximate surface area is 159 Å². The lowest BCUT2D eigenvalue weighted by atomic mass is 10.1. The summed E-state index contributed by atoms with van der Waals surface area (Å²) in [6, 6.07) is 10.3. The minimum Gasteiger partial charge on any atom is -0.482 e. The molecule has 0 fully saturated rings. The van der Waals surface area contributed by atoms with E-state index in [2.05, 4.69) is 11.8 Å². The highest BCUT2D eigenvalue weighted by Crippen LogP contribution is 2.29. The zero-order valence-corrected chi connectivity index (χ0v) is 15.3. The summed E-state index contributed by atoms with van der Waals surface area (Å²) < 4.78 is 42.6. The maximum absolute atomic E-state index is 12.5. The Balaban J connectivity index is 1.83. The summed E-state index contributed by atoms with van der Waals surface area (Å²) in [7, 11) is 0. The number of alkyl halides is 3. The van der Waals surface area contributed by atoms with Crippen LogP contribution in [0.15, 0.2) is 47.4 Å². The highest BCUT2D eigenvalue weighted by Gasteiger charge is 2.29. The van der Waals surface area contributed by atoms with Gasteiger partial charge < -0.3 is 9.84 Å². The van der Waals surface area contributed by atoms with E-state index in [0.29, 0.717) is 17.7 Å². The van der Waals surface area contributed by atoms with E-state index >= 15 is 0 Å². The molecule has 0 heterocycles. The van der Waals surface area contributed by atoms with Crippen LogP contribution in [0.3, 0.4) is 0 Å². The molecular weight excluding hydrogens is 377 g/mol. The first-order valence-electron chi connectivity index (χ1n) is 8.00. The maximum Gasteiger partial charge on any atom is 0.416 e. The van der Waals surface area contributed by atoms with Gasteiger partial charge in [0.1, 0.15) is 5.75 Å². The molecule has 0 aromatic heterocycles. The number of thioether (sulfide) groups is 1. The van der Waals surface area contributed by atoms with Crippen LogP contribution in [-0.4, -0.2) is 23.4 Å². The second-order valence-corrected chi connectivity index (χ2v) is 6.75. The van der Waals surface area contributed by atoms with Crippen LogP contribution in [0, 0.1) is 18.8 Å². The Bertz CT molecular complexity index is 850. The number of carboxylic acids is 1. The van der Waals surface area contributed by atoms with E-state index in [0.717, 1.165) is 28.3 Å². The van der Waals surface area contributed by atoms with E-state index in [4.69, 9.17) is 9.84 Å². The molecule has 142 valence electrons. The van der Waals surface area contributed by atoms with E-state index in [1.807, 2.05) is 19.1 Å². The standard InChI is InChI=1S/C20H17F3O3S/c1-14-12-17(9-10-18(14)26-13-19(24)25)27-11-3-2-4-15-5-7-16(8-6-15)20(21,22)23/h5-10,12H,3,11,13H2,1H3,(H,24,25). The van der Waals surface area contributed by atoms with Crippen molar-refractivity contribution in [2.75, 3.05) is 12.4 Å². The molecule has 0 aliphatic rings. The van der Waals surface area contributed by atoms with Gasteiger partial charge in [-0.2, -0.15) is 13.2 Å². The van der Waals surface area contributed by atoms with Crippen LogP contribution in [0.4, 0.5) is 13.2 Å². The molecule has 0 saturated heterocycles. The number of halogens is 3. The Morgan fingerprint density at radius 1 is 1.19 bits per heavy atom. The van der Waals surface area contributed by atoms with Crippen LogP contribution in [0.25, 0.3) is 0 Å². The van der Waals surface area contributed by atoms with Gasteiger partial charge in [0, 0.05) is 22.6 Å². The Morgan fingerprint density at radius 2 is 1.89 bits per heavy atom. The first-order chi connectivity index (χ1) is 12.8. The number of carbonyl (C=O) groups is 1. The van der Waals surface area contributed by atoms with E-state index in [1.165, 1.54) is 12.1 Å². The molecule has 2 aromatic rings. The molecule has 0 saturated carbocycles. The van der Waals surface area contributed by atoms with Crippen molar-refractivity contribution in [3.05, 3.63) is 59.2 Å². The van der Waals surface area contributed by atoms with Gasteiger partial charge in [0.2, 0.25) is 0 Å². The first kappa shape index (κ1) is 20.7. The van der Waals surface area contributed by atoms with Crippen molar-refractivity contribution in [1.82, 2.24) is 0 Å². The normalized spacial score (nSPS) is 10.8. The zero-order chi connectivity index (χ0) is 19.9. The minimum absolute atomic E-state index is 0.382. The van der Waals surface area contributed by atoms with Crippen molar-refractivity contribution in [3.63, 3.8) is 0 Å². The summed E-state index contributed by atoms with van der Waals surface area (Å²) in [5.41, 5.74) is 0.704. The highest BCUT2D eigenvalue weighted by molar-refractivity contribution is 7.99. The van der Waals surface area contributed by atoms with Gasteiger partial charge in [-0.05, 0) is 55.0 Å². The number of benzene rings is 2. The third-order valence-electron chi connectivity index (χ3n) is 3.44. The monoisotopic (exact) mass is 394 g/mol. The molecule has 0 aliphatic carbocycles. The third-order valence-corrected chi connectivity index (χ3v) is 4.43. The number of rotatable bonds is 6. The number of aliphatic carboxylic acids is 1. The number of ether oxygens (including phenoxy) is 1. The Morgan fingerprint density at radius 3 is 2.48 bits per heavy atom. The van der Waals surface area contributed by atoms with Gasteiger partial charge in [-0.1, -0.05) is 11.8 Å². The second kappa shape index (κ2) is 9.38. The van der Waals surface area contributed by atoms with Crippen molar-refractivity contribution in [3.8, 4) is 17.6 Å². The van der Waals surface area contributed by atoms with Crippen molar-refractivity contribution >= 4 is 17.7 Å². The SMILES string of the molecule is Cc1cc(SCCC#Cc2ccc(C(F)(F)F)cc2)ccc1OCC(=O)O. The summed E-state index contributed by atoms with van der Waals surface area (Å²) in [6.07, 6.45) is -3.75. The smallest absolute Gasteiger partial charge is 0.416 e. The fourth-order valence-electron chi connectivity index (χ4n) is 2.14. The average molecular weight is 394 g/mol. The molecule has 0 atom stereocenters. The zero-order valence-electron chi connectivity index (χ0n) is 14.5. The minimum atomic E-state index is -4.34. The van der Waals surface area contributed by atoms with Crippen LogP contribution in [-0.2, 0) is 11.0 Å². The van der Waals surface area contributed by atoms with Gasteiger partial charge in [0.15, 0.2) is 6.61 Å². The predicted molar refractivity (Wildman–Crippen MR) is 98.0 cm³/mol. The number of hydrogen-bond acceptors (Lipinski definition) is 3. The summed E-state index contributed by atoms with van der Waals surface area (Å²) in [5.74, 6) is 6.03. The average Bonchev–Trinajstić information content (AvgIpc) is 2.60. The summed E-state index contributed by atoms with van der Waals surface area (Å²) in [6.45, 7) is 1.46. The predicted octanol–water partition coefficient (Wildman–Crippen LogP) is 5.01. The van der Waals surface area contributed by atoms with E-state index in [1.54, 1.807) is 17.8 Å². The molecule has 0 amide bonds. The van der Waals surface area contributed by atoms with Gasteiger partial charge in [-0.15, -0.1) is 11.8 Å². The summed E-state index contributed by atoms with van der Waals surface area (Å²) in [4.78, 5) is 11.5. The molecule has 3 nitrogen and oxygen atoms in total. The third kappa shape index (κ3) is 6.91. The molecular formula is C20H17F3O3S. The maximum atomic E-state index is 12.5. The van der Waals surface area contributed by atoms with Crippen molar-refractivity contribution in [1.29, 1.82) is 0 Å². The quantitative estimate of drug-likeness (QED) is 0.425. The van der Waals surface area contributed by atoms with Crippen LogP contribution in [0.2, 0.25) is 0 Å². The molecule has 2 rings (SSSR count). The summed E-state index contributed by atoms with van der Waals surface area (Å²) >= 11 is 1.59. The van der Waals surface area contributed by atoms with Crippen molar-refractivity contribution < 1.29 is 27.8 Å². The lowest BCUT2D eigenvalue weighted by Gasteiger charge is -2.08. The molecule has 0 aliphatic heterocycles. The van der Waals surface area contributed by atoms with Crippen molar-refractivity contribution in [2.45, 2.75) is 24.4 Å². The van der Waals surface area contributed by atoms with Gasteiger partial charge in [-0.3, -0.25) is 0 Å². The molecule has 0 unspecified atom stereocenters. The molecule has 0 bridgehead atoms. The fourth-order valence-corrected chi connectivity index (χ4v) is 3.00. The molecule has 0 radical (unpaired) electrons. The molecule has 27 heavy (non-hydrogen) atoms. The number of carboxylic acid groups (broad SMARTS) is 1. The van der Waals surface area contributed by atoms with Crippen LogP contribution >= 0.6 is 11.8 Å². The number of aryl methyl sites for hydroxylation is 1. The van der Waals surface area contributed by atoms with Crippen molar-refractivity contribution in [2.24, 2.45) is 0 Å². The molecule has 2 aromatic carbocycles. The lowest BCUT2D eigenvalue weighted by molar-refractivity contribution is -0.139. The van der Waals surface area contributed by atoms with E-state index in [9.17, 15) is 18.0 Å². The van der Waals surface area contributed by atoms with Crippen LogP contribution in [0.5, 0.6) is 5.75 Å². The molecule has 7 heteroatoms. The van der Waals surface area contributed by atoms with Gasteiger partial charge in [0.25, 0.3) is 0 Å². The lowest BCUT2D eigenvalue weighted by Crippen LogP contribution is -2.09. The summed E-state index contributed by atoms with van der Waals surface area (Å²) in [5, 5.41) is 8.63. The van der Waals surface area contributed by atoms with E-state index < -0.39 is 17.7 Å². The topological polar surface area (TPSA) is 46.5 Å². The largest absolute Gasteiger partial charge is 0.482 e. The number of hydrogen-bond donors (Lipinski definition) is 1. The van der Waals surface area contributed by atoms with Crippen LogP contribution < -0.4 is 4.74 Å². The molecule has 0 spiro atoms. The second-order valence-electron chi connectivity index (χ2n) is 5.59. The first-order valence-corrected chi connectivity index (χ1v) is 8.98. The van der Waals surface area contributed by atoms with E-state index in [-0.39, 0.29) is 6.61 Å². The van der Waals surface area contributed by atoms with Crippen LogP contribution in [0.1, 0.15) is 23.1 Å². The van der Waals surface area contributed by atoms with Gasteiger partial charge in [0.05, 0.1) is 5.56 Å².